The van der Waals surface area contributed by atoms with Crippen molar-refractivity contribution in [1.82, 2.24) is 0 Å². The Kier molecular flexibility index (Phi) is 5.78. The third-order valence-corrected chi connectivity index (χ3v) is 2.87. The maximum absolute atomic E-state index is 10.1. The molecule has 3 heteroatoms. The van der Waals surface area contributed by atoms with E-state index in [1.165, 1.54) is 6.07 Å². The van der Waals surface area contributed by atoms with Gasteiger partial charge in [0.2, 0.25) is 0 Å². The summed E-state index contributed by atoms with van der Waals surface area (Å²) in [5.41, 5.74) is 2.46. The minimum Gasteiger partial charge on any atom is -0.508 e. The van der Waals surface area contributed by atoms with E-state index < -0.39 is 0 Å². The average Bonchev–Trinajstić information content (AvgIpc) is 2.39. The standard InChI is InChI=1S/C10H14O.C7H6O2/c1-7(2)9-5-4-8(3)6-10(9)11;8-5-6-3-1-2-4-7(6)9/h4-7,11H,1-3H3;1-5,9H. The van der Waals surface area contributed by atoms with Gasteiger partial charge in [-0.25, -0.2) is 0 Å². The van der Waals surface area contributed by atoms with Crippen molar-refractivity contribution in [3.05, 3.63) is 59.2 Å². The molecule has 20 heavy (non-hydrogen) atoms. The van der Waals surface area contributed by atoms with Crippen molar-refractivity contribution in [3.63, 3.8) is 0 Å². The lowest BCUT2D eigenvalue weighted by atomic mass is 10.0. The third-order valence-electron chi connectivity index (χ3n) is 2.87. The van der Waals surface area contributed by atoms with Crippen molar-refractivity contribution in [3.8, 4) is 11.5 Å². The summed E-state index contributed by atoms with van der Waals surface area (Å²) in [5, 5.41) is 18.3. The largest absolute Gasteiger partial charge is 0.508 e. The number of hydrogen-bond acceptors (Lipinski definition) is 3. The highest BCUT2D eigenvalue weighted by atomic mass is 16.3. The van der Waals surface area contributed by atoms with Crippen LogP contribution in [0.25, 0.3) is 0 Å². The highest BCUT2D eigenvalue weighted by molar-refractivity contribution is 5.78. The first-order valence-corrected chi connectivity index (χ1v) is 6.48. The first-order chi connectivity index (χ1) is 9.45. The molecule has 0 atom stereocenters. The fourth-order valence-corrected chi connectivity index (χ4v) is 1.73. The summed E-state index contributed by atoms with van der Waals surface area (Å²) in [6.45, 7) is 6.12. The van der Waals surface area contributed by atoms with Crippen LogP contribution >= 0.6 is 0 Å². The highest BCUT2D eigenvalue weighted by Crippen LogP contribution is 2.25. The van der Waals surface area contributed by atoms with Gasteiger partial charge in [-0.15, -0.1) is 0 Å². The number of aldehydes is 1. The molecular formula is C17H20O3. The fourth-order valence-electron chi connectivity index (χ4n) is 1.73. The van der Waals surface area contributed by atoms with Gasteiger partial charge >= 0.3 is 0 Å². The number of phenols is 2. The van der Waals surface area contributed by atoms with Crippen LogP contribution in [0, 0.1) is 6.92 Å². The molecule has 0 radical (unpaired) electrons. The van der Waals surface area contributed by atoms with Crippen LogP contribution in [0.1, 0.15) is 41.3 Å². The van der Waals surface area contributed by atoms with Gasteiger partial charge in [-0.2, -0.15) is 0 Å². The molecule has 2 aromatic carbocycles. The van der Waals surface area contributed by atoms with Crippen molar-refractivity contribution in [2.24, 2.45) is 0 Å². The predicted molar refractivity (Wildman–Crippen MR) is 80.4 cm³/mol. The first-order valence-electron chi connectivity index (χ1n) is 6.48. The Morgan fingerprint density at radius 2 is 1.65 bits per heavy atom. The van der Waals surface area contributed by atoms with Crippen molar-refractivity contribution in [2.45, 2.75) is 26.7 Å². The van der Waals surface area contributed by atoms with Crippen LogP contribution in [0.3, 0.4) is 0 Å². The monoisotopic (exact) mass is 272 g/mol. The summed E-state index contributed by atoms with van der Waals surface area (Å²) in [5.74, 6) is 0.850. The molecule has 0 fully saturated rings. The van der Waals surface area contributed by atoms with Crippen LogP contribution in [-0.2, 0) is 0 Å². The minimum atomic E-state index is 0.0347. The Balaban J connectivity index is 0.000000204. The van der Waals surface area contributed by atoms with Gasteiger partial charge in [0.05, 0.1) is 5.56 Å². The van der Waals surface area contributed by atoms with Crippen LogP contribution in [0.15, 0.2) is 42.5 Å². The molecule has 0 spiro atoms. The van der Waals surface area contributed by atoms with Crippen molar-refractivity contribution in [2.75, 3.05) is 0 Å². The maximum Gasteiger partial charge on any atom is 0.153 e. The number of hydrogen-bond donors (Lipinski definition) is 2. The number of benzene rings is 2. The Morgan fingerprint density at radius 1 is 1.00 bits per heavy atom. The van der Waals surface area contributed by atoms with E-state index >= 15 is 0 Å². The molecule has 0 aromatic heterocycles. The predicted octanol–water partition coefficient (Wildman–Crippen LogP) is 4.03. The zero-order chi connectivity index (χ0) is 15.1. The number of aryl methyl sites for hydroxylation is 1. The molecule has 0 aliphatic carbocycles. The van der Waals surface area contributed by atoms with E-state index in [1.807, 2.05) is 19.1 Å². The summed E-state index contributed by atoms with van der Waals surface area (Å²) in [7, 11) is 0. The summed E-state index contributed by atoms with van der Waals surface area (Å²) in [6.07, 6.45) is 0.620. The number of para-hydroxylation sites is 1. The fraction of sp³-hybridized carbons (Fsp3) is 0.235. The normalized spacial score (nSPS) is 9.80. The molecule has 0 aliphatic heterocycles. The maximum atomic E-state index is 10.1. The van der Waals surface area contributed by atoms with Gasteiger partial charge in [-0.3, -0.25) is 4.79 Å². The Labute approximate surface area is 119 Å². The van der Waals surface area contributed by atoms with Crippen LogP contribution in [0.4, 0.5) is 0 Å². The topological polar surface area (TPSA) is 57.5 Å². The molecule has 0 heterocycles. The summed E-state index contributed by atoms with van der Waals surface area (Å²) in [4.78, 5) is 10.1. The van der Waals surface area contributed by atoms with Gasteiger partial charge in [0.15, 0.2) is 6.29 Å². The second-order valence-electron chi connectivity index (χ2n) is 4.89. The zero-order valence-corrected chi connectivity index (χ0v) is 12.0. The number of rotatable bonds is 2. The molecule has 2 aromatic rings. The van der Waals surface area contributed by atoms with Crippen LogP contribution in [0.2, 0.25) is 0 Å². The average molecular weight is 272 g/mol. The van der Waals surface area contributed by atoms with Crippen LogP contribution in [0.5, 0.6) is 11.5 Å². The van der Waals surface area contributed by atoms with E-state index in [4.69, 9.17) is 5.11 Å². The first kappa shape index (κ1) is 15.8. The van der Waals surface area contributed by atoms with Gasteiger partial charge in [0, 0.05) is 0 Å². The second kappa shape index (κ2) is 7.34. The highest BCUT2D eigenvalue weighted by Gasteiger charge is 2.03. The zero-order valence-electron chi connectivity index (χ0n) is 12.0. The minimum absolute atomic E-state index is 0.0347. The van der Waals surface area contributed by atoms with E-state index in [1.54, 1.807) is 24.3 Å². The van der Waals surface area contributed by atoms with Gasteiger partial charge < -0.3 is 10.2 Å². The van der Waals surface area contributed by atoms with E-state index in [2.05, 4.69) is 13.8 Å². The van der Waals surface area contributed by atoms with Crippen molar-refractivity contribution in [1.29, 1.82) is 0 Å². The molecular weight excluding hydrogens is 252 g/mol. The van der Waals surface area contributed by atoms with Gasteiger partial charge in [0.1, 0.15) is 11.5 Å². The molecule has 2 N–H and O–H groups in total. The molecule has 0 bridgehead atoms. The van der Waals surface area contributed by atoms with Crippen molar-refractivity contribution < 1.29 is 15.0 Å². The number of aromatic hydroxyl groups is 2. The molecule has 0 aliphatic rings. The quantitative estimate of drug-likeness (QED) is 0.811. The van der Waals surface area contributed by atoms with E-state index in [9.17, 15) is 9.90 Å². The molecule has 0 saturated carbocycles. The summed E-state index contributed by atoms with van der Waals surface area (Å²) < 4.78 is 0. The van der Waals surface area contributed by atoms with Gasteiger partial charge in [-0.1, -0.05) is 38.1 Å². The summed E-state index contributed by atoms with van der Waals surface area (Å²) in [6, 6.07) is 12.2. The Bertz CT molecular complexity index is 574. The van der Waals surface area contributed by atoms with Crippen LogP contribution < -0.4 is 0 Å². The number of carbonyl (C=O) groups excluding carboxylic acids is 1. The molecule has 3 nitrogen and oxygen atoms in total. The number of phenolic OH excluding ortho intramolecular Hbond substituents is 2. The number of carbonyl (C=O) groups is 1. The molecule has 106 valence electrons. The Morgan fingerprint density at radius 3 is 2.10 bits per heavy atom. The summed E-state index contributed by atoms with van der Waals surface area (Å²) >= 11 is 0. The molecule has 0 saturated heterocycles. The smallest absolute Gasteiger partial charge is 0.153 e. The van der Waals surface area contributed by atoms with Gasteiger partial charge in [0.25, 0.3) is 0 Å². The molecule has 0 unspecified atom stereocenters. The molecule has 2 rings (SSSR count). The lowest BCUT2D eigenvalue weighted by molar-refractivity contribution is 0.112. The van der Waals surface area contributed by atoms with E-state index in [0.717, 1.165) is 11.1 Å². The SMILES string of the molecule is Cc1ccc(C(C)C)c(O)c1.O=Cc1ccccc1O. The lowest BCUT2D eigenvalue weighted by Gasteiger charge is -2.07. The third kappa shape index (κ3) is 4.43. The van der Waals surface area contributed by atoms with E-state index in [0.29, 0.717) is 23.5 Å². The van der Waals surface area contributed by atoms with Crippen molar-refractivity contribution >= 4 is 6.29 Å². The lowest BCUT2D eigenvalue weighted by Crippen LogP contribution is -1.87. The van der Waals surface area contributed by atoms with Gasteiger partial charge in [-0.05, 0) is 42.2 Å². The van der Waals surface area contributed by atoms with Crippen LogP contribution in [-0.4, -0.2) is 16.5 Å². The Hall–Kier alpha value is -2.29. The second-order valence-corrected chi connectivity index (χ2v) is 4.89. The molecule has 0 amide bonds. The van der Waals surface area contributed by atoms with E-state index in [-0.39, 0.29) is 5.75 Å².